The van der Waals surface area contributed by atoms with Gasteiger partial charge in [-0.25, -0.2) is 4.98 Å². The van der Waals surface area contributed by atoms with Gasteiger partial charge in [0, 0.05) is 24.2 Å². The number of primary amides is 1. The van der Waals surface area contributed by atoms with Crippen LogP contribution in [0.25, 0.3) is 0 Å². The molecule has 1 aliphatic rings. The van der Waals surface area contributed by atoms with Crippen molar-refractivity contribution in [3.63, 3.8) is 0 Å². The fourth-order valence-electron chi connectivity index (χ4n) is 4.09. The number of carbonyl (C=O) groups is 1. The number of hydrogen-bond donors (Lipinski definition) is 3. The van der Waals surface area contributed by atoms with Gasteiger partial charge in [-0.3, -0.25) is 4.79 Å². The predicted octanol–water partition coefficient (Wildman–Crippen LogP) is 3.84. The summed E-state index contributed by atoms with van der Waals surface area (Å²) in [5, 5.41) is 11.0. The van der Waals surface area contributed by atoms with E-state index in [4.69, 9.17) is 5.73 Å². The number of imidazole rings is 1. The Labute approximate surface area is 157 Å². The molecular formula is C21H35N3O2. The zero-order valence-corrected chi connectivity index (χ0v) is 16.1. The third-order valence-electron chi connectivity index (χ3n) is 5.82. The van der Waals surface area contributed by atoms with E-state index in [1.54, 1.807) is 6.20 Å². The van der Waals surface area contributed by atoms with Gasteiger partial charge in [0.25, 0.3) is 0 Å². The van der Waals surface area contributed by atoms with E-state index in [2.05, 4.69) is 23.5 Å². The molecule has 146 valence electrons. The molecular weight excluding hydrogens is 326 g/mol. The van der Waals surface area contributed by atoms with Gasteiger partial charge in [-0.1, -0.05) is 45.1 Å². The summed E-state index contributed by atoms with van der Waals surface area (Å²) in [5.74, 6) is 1.53. The second-order valence-electron chi connectivity index (χ2n) is 7.81. The third-order valence-corrected chi connectivity index (χ3v) is 5.82. The van der Waals surface area contributed by atoms with E-state index in [-0.39, 0.29) is 11.8 Å². The molecule has 1 fully saturated rings. The number of aromatic amines is 1. The van der Waals surface area contributed by atoms with Crippen LogP contribution in [0.2, 0.25) is 0 Å². The van der Waals surface area contributed by atoms with Gasteiger partial charge in [-0.15, -0.1) is 6.58 Å². The number of amides is 1. The van der Waals surface area contributed by atoms with E-state index in [0.29, 0.717) is 31.1 Å². The van der Waals surface area contributed by atoms with Gasteiger partial charge < -0.3 is 15.8 Å². The van der Waals surface area contributed by atoms with Crippen LogP contribution in [0.15, 0.2) is 18.9 Å². The van der Waals surface area contributed by atoms with Crippen molar-refractivity contribution < 1.29 is 9.90 Å². The highest BCUT2D eigenvalue weighted by atomic mass is 16.3. The number of aliphatic hydroxyl groups excluding tert-OH is 1. The summed E-state index contributed by atoms with van der Waals surface area (Å²) >= 11 is 0. The highest BCUT2D eigenvalue weighted by molar-refractivity contribution is 5.73. The second kappa shape index (κ2) is 10.5. The molecule has 4 N–H and O–H groups in total. The zero-order chi connectivity index (χ0) is 18.9. The first-order chi connectivity index (χ1) is 12.5. The summed E-state index contributed by atoms with van der Waals surface area (Å²) in [6, 6.07) is 0. The molecule has 1 saturated carbocycles. The number of nitrogens with one attached hydrogen (secondary N) is 1. The highest BCUT2D eigenvalue weighted by Crippen LogP contribution is 2.35. The SMILES string of the molecule is C=C[C@H](CC)C[C@H](O)[C@@H](CC1CCCCC1)c1ncc(CCC(N)=O)[nH]1. The van der Waals surface area contributed by atoms with Crippen molar-refractivity contribution in [3.8, 4) is 0 Å². The Morgan fingerprint density at radius 1 is 1.46 bits per heavy atom. The number of H-pyrrole nitrogens is 1. The minimum atomic E-state index is -0.435. The Kier molecular flexibility index (Phi) is 8.36. The molecule has 1 heterocycles. The number of allylic oxidation sites excluding steroid dienone is 1. The van der Waals surface area contributed by atoms with E-state index < -0.39 is 6.10 Å². The van der Waals surface area contributed by atoms with Crippen molar-refractivity contribution in [2.75, 3.05) is 0 Å². The number of aromatic nitrogens is 2. The van der Waals surface area contributed by atoms with Gasteiger partial charge in [0.05, 0.1) is 6.10 Å². The number of nitrogens with two attached hydrogens (primary N) is 1. The van der Waals surface area contributed by atoms with Crippen LogP contribution in [-0.4, -0.2) is 27.1 Å². The normalized spacial score (nSPS) is 19.0. The summed E-state index contributed by atoms with van der Waals surface area (Å²) in [4.78, 5) is 18.9. The second-order valence-corrected chi connectivity index (χ2v) is 7.81. The van der Waals surface area contributed by atoms with Gasteiger partial charge in [-0.05, 0) is 37.5 Å². The van der Waals surface area contributed by atoms with E-state index in [9.17, 15) is 9.90 Å². The Bertz CT molecular complexity index is 563. The Balaban J connectivity index is 2.10. The van der Waals surface area contributed by atoms with Crippen LogP contribution >= 0.6 is 0 Å². The van der Waals surface area contributed by atoms with Crippen molar-refractivity contribution >= 4 is 5.91 Å². The van der Waals surface area contributed by atoms with Gasteiger partial charge in [-0.2, -0.15) is 0 Å². The maximum absolute atomic E-state index is 11.0. The molecule has 1 amide bonds. The van der Waals surface area contributed by atoms with Crippen molar-refractivity contribution in [2.24, 2.45) is 17.6 Å². The molecule has 1 aromatic rings. The molecule has 3 atom stereocenters. The summed E-state index contributed by atoms with van der Waals surface area (Å²) in [7, 11) is 0. The Morgan fingerprint density at radius 3 is 2.81 bits per heavy atom. The van der Waals surface area contributed by atoms with Gasteiger partial charge >= 0.3 is 0 Å². The fourth-order valence-corrected chi connectivity index (χ4v) is 4.09. The standard InChI is InChI=1S/C21H35N3O2/c1-3-15(4-2)13-19(25)18(12-16-8-6-5-7-9-16)21-23-14-17(24-21)10-11-20(22)26/h3,14-16,18-19,25H,1,4-13H2,2H3,(H2,22,26)(H,23,24)/t15-,18-,19+/m1/s1. The maximum Gasteiger partial charge on any atom is 0.217 e. The average molecular weight is 362 g/mol. The van der Waals surface area contributed by atoms with Crippen LogP contribution in [-0.2, 0) is 11.2 Å². The molecule has 0 saturated heterocycles. The molecule has 0 unspecified atom stereocenters. The lowest BCUT2D eigenvalue weighted by Gasteiger charge is -2.29. The number of rotatable bonds is 11. The molecule has 0 aliphatic heterocycles. The van der Waals surface area contributed by atoms with Crippen LogP contribution in [0.4, 0.5) is 0 Å². The first kappa shape index (κ1) is 20.7. The molecule has 0 radical (unpaired) electrons. The van der Waals surface area contributed by atoms with Crippen LogP contribution < -0.4 is 5.73 Å². The molecule has 2 rings (SSSR count). The van der Waals surface area contributed by atoms with Crippen molar-refractivity contribution in [3.05, 3.63) is 30.4 Å². The van der Waals surface area contributed by atoms with E-state index in [1.807, 2.05) is 6.08 Å². The molecule has 0 aromatic carbocycles. The van der Waals surface area contributed by atoms with Gasteiger partial charge in [0.2, 0.25) is 5.91 Å². The van der Waals surface area contributed by atoms with E-state index in [1.165, 1.54) is 32.1 Å². The first-order valence-electron chi connectivity index (χ1n) is 10.2. The number of hydrogen-bond acceptors (Lipinski definition) is 3. The molecule has 5 nitrogen and oxygen atoms in total. The van der Waals surface area contributed by atoms with Crippen LogP contribution in [0.1, 0.15) is 82.1 Å². The lowest BCUT2D eigenvalue weighted by atomic mass is 9.79. The summed E-state index contributed by atoms with van der Waals surface area (Å²) < 4.78 is 0. The van der Waals surface area contributed by atoms with E-state index in [0.717, 1.165) is 24.4 Å². The number of aliphatic hydroxyl groups is 1. The third kappa shape index (κ3) is 6.27. The molecule has 26 heavy (non-hydrogen) atoms. The molecule has 0 spiro atoms. The van der Waals surface area contributed by atoms with Gasteiger partial charge in [0.15, 0.2) is 0 Å². The maximum atomic E-state index is 11.0. The largest absolute Gasteiger partial charge is 0.392 e. The summed E-state index contributed by atoms with van der Waals surface area (Å²) in [5.41, 5.74) is 6.15. The van der Waals surface area contributed by atoms with Crippen molar-refractivity contribution in [1.82, 2.24) is 9.97 Å². The number of carbonyl (C=O) groups excluding carboxylic acids is 1. The highest BCUT2D eigenvalue weighted by Gasteiger charge is 2.29. The van der Waals surface area contributed by atoms with Crippen LogP contribution in [0, 0.1) is 11.8 Å². The topological polar surface area (TPSA) is 92.0 Å². The monoisotopic (exact) mass is 361 g/mol. The molecule has 1 aromatic heterocycles. The first-order valence-corrected chi connectivity index (χ1v) is 10.2. The summed E-state index contributed by atoms with van der Waals surface area (Å²) in [6.45, 7) is 6.03. The summed E-state index contributed by atoms with van der Waals surface area (Å²) in [6.07, 6.45) is 13.2. The smallest absolute Gasteiger partial charge is 0.217 e. The predicted molar refractivity (Wildman–Crippen MR) is 105 cm³/mol. The molecule has 5 heteroatoms. The average Bonchev–Trinajstić information content (AvgIpc) is 3.11. The number of aryl methyl sites for hydroxylation is 1. The Morgan fingerprint density at radius 2 is 2.19 bits per heavy atom. The van der Waals surface area contributed by atoms with Crippen LogP contribution in [0.3, 0.4) is 0 Å². The number of nitrogens with zero attached hydrogens (tertiary/aromatic N) is 1. The Hall–Kier alpha value is -1.62. The quantitative estimate of drug-likeness (QED) is 0.523. The fraction of sp³-hybridized carbons (Fsp3) is 0.714. The minimum Gasteiger partial charge on any atom is -0.392 e. The van der Waals surface area contributed by atoms with Crippen molar-refractivity contribution in [1.29, 1.82) is 0 Å². The molecule has 0 bridgehead atoms. The van der Waals surface area contributed by atoms with Gasteiger partial charge in [0.1, 0.15) is 5.82 Å². The van der Waals surface area contributed by atoms with Crippen LogP contribution in [0.5, 0.6) is 0 Å². The van der Waals surface area contributed by atoms with Crippen molar-refractivity contribution in [2.45, 2.75) is 83.2 Å². The lowest BCUT2D eigenvalue weighted by Crippen LogP contribution is -2.25. The minimum absolute atomic E-state index is 0.00873. The zero-order valence-electron chi connectivity index (χ0n) is 16.1. The lowest BCUT2D eigenvalue weighted by molar-refractivity contribution is -0.118. The molecule has 1 aliphatic carbocycles. The van der Waals surface area contributed by atoms with E-state index >= 15 is 0 Å².